The molecule has 0 aliphatic carbocycles. The van der Waals surface area contributed by atoms with E-state index < -0.39 is 9.04 Å². The molecule has 0 aromatic rings. The first kappa shape index (κ1) is 12.5. The highest BCUT2D eigenvalue weighted by molar-refractivity contribution is 7.82. The second-order valence-electron chi connectivity index (χ2n) is 2.75. The molecule has 4 heteroatoms. The van der Waals surface area contributed by atoms with Crippen molar-refractivity contribution in [1.82, 2.24) is 0 Å². The molecule has 0 aromatic carbocycles. The normalized spacial score (nSPS) is 16.0. The van der Waals surface area contributed by atoms with Crippen LogP contribution in [0.2, 0.25) is 6.55 Å². The summed E-state index contributed by atoms with van der Waals surface area (Å²) < 4.78 is 10.8. The van der Waals surface area contributed by atoms with Crippen molar-refractivity contribution in [1.29, 1.82) is 0 Å². The summed E-state index contributed by atoms with van der Waals surface area (Å²) >= 11 is 4.45. The lowest BCUT2D eigenvalue weighted by Gasteiger charge is -2.16. The first-order chi connectivity index (χ1) is 5.72. The van der Waals surface area contributed by atoms with Crippen LogP contribution < -0.4 is 0 Å². The molecule has 0 rings (SSSR count). The fourth-order valence-electron chi connectivity index (χ4n) is 0.880. The maximum absolute atomic E-state index is 5.63. The summed E-state index contributed by atoms with van der Waals surface area (Å²) in [6.45, 7) is 8.56. The topological polar surface area (TPSA) is 18.5 Å². The third kappa shape index (κ3) is 6.05. The maximum Gasteiger partial charge on any atom is 0.186 e. The third-order valence-electron chi connectivity index (χ3n) is 1.77. The summed E-state index contributed by atoms with van der Waals surface area (Å²) in [7, 11) is -1.05. The van der Waals surface area contributed by atoms with Gasteiger partial charge in [-0.25, -0.2) is 0 Å². The molecule has 0 N–H and O–H groups in total. The van der Waals surface area contributed by atoms with Crippen LogP contribution in [0.1, 0.15) is 20.3 Å². The van der Waals surface area contributed by atoms with Crippen LogP contribution in [0.15, 0.2) is 0 Å². The van der Waals surface area contributed by atoms with Gasteiger partial charge in [-0.15, -0.1) is 0 Å². The number of rotatable bonds is 7. The van der Waals surface area contributed by atoms with E-state index in [-0.39, 0.29) is 0 Å². The minimum atomic E-state index is -1.05. The minimum Gasteiger partial charge on any atom is -0.417 e. The van der Waals surface area contributed by atoms with Gasteiger partial charge in [-0.05, 0) is 19.9 Å². The number of hydrogen-bond acceptors (Lipinski definition) is 3. The van der Waals surface area contributed by atoms with E-state index in [0.29, 0.717) is 4.87 Å². The highest BCUT2D eigenvalue weighted by atomic mass is 32.1. The molecular formula is C8H20O2SSi. The minimum absolute atomic E-state index is 0.478. The summed E-state index contributed by atoms with van der Waals surface area (Å²) in [5.74, 6) is 0. The van der Waals surface area contributed by atoms with Crippen molar-refractivity contribution in [2.24, 2.45) is 0 Å². The molecule has 0 bridgehead atoms. The summed E-state index contributed by atoms with van der Waals surface area (Å²) in [5.41, 5.74) is 0. The Morgan fingerprint density at radius 2 is 2.00 bits per heavy atom. The van der Waals surface area contributed by atoms with Gasteiger partial charge >= 0.3 is 0 Å². The lowest BCUT2D eigenvalue weighted by atomic mass is 10.6. The fourth-order valence-corrected chi connectivity index (χ4v) is 2.49. The van der Waals surface area contributed by atoms with Gasteiger partial charge in [0.25, 0.3) is 0 Å². The predicted molar refractivity (Wildman–Crippen MR) is 58.5 cm³/mol. The number of ether oxygens (including phenoxy) is 1. The molecule has 74 valence electrons. The van der Waals surface area contributed by atoms with E-state index >= 15 is 0 Å². The molecule has 0 saturated carbocycles. The first-order valence-electron chi connectivity index (χ1n) is 4.59. The van der Waals surface area contributed by atoms with Crippen LogP contribution in [0.3, 0.4) is 0 Å². The molecule has 0 radical (unpaired) electrons. The van der Waals surface area contributed by atoms with Crippen molar-refractivity contribution in [2.75, 3.05) is 19.8 Å². The van der Waals surface area contributed by atoms with Crippen LogP contribution in [-0.4, -0.2) is 33.7 Å². The Labute approximate surface area is 82.8 Å². The zero-order valence-electron chi connectivity index (χ0n) is 8.25. The van der Waals surface area contributed by atoms with Gasteiger partial charge in [0.15, 0.2) is 9.04 Å². The van der Waals surface area contributed by atoms with Crippen LogP contribution >= 0.6 is 12.6 Å². The molecular weight excluding hydrogens is 188 g/mol. The Morgan fingerprint density at radius 3 is 2.50 bits per heavy atom. The Bertz CT molecular complexity index is 103. The summed E-state index contributed by atoms with van der Waals surface area (Å²) in [4.78, 5) is 0.478. The van der Waals surface area contributed by atoms with E-state index in [1.807, 2.05) is 6.92 Å². The van der Waals surface area contributed by atoms with Crippen molar-refractivity contribution >= 4 is 21.7 Å². The van der Waals surface area contributed by atoms with Gasteiger partial charge in [0.2, 0.25) is 0 Å². The van der Waals surface area contributed by atoms with Gasteiger partial charge in [0.1, 0.15) is 0 Å². The molecule has 0 aliphatic rings. The molecule has 0 fully saturated rings. The van der Waals surface area contributed by atoms with E-state index in [0.717, 1.165) is 26.2 Å². The molecule has 0 heterocycles. The molecule has 2 nitrogen and oxygen atoms in total. The highest BCUT2D eigenvalue weighted by Crippen LogP contribution is 2.06. The Kier molecular flexibility index (Phi) is 8.43. The van der Waals surface area contributed by atoms with Gasteiger partial charge in [0, 0.05) is 11.5 Å². The number of thiol groups is 1. The lowest BCUT2D eigenvalue weighted by Crippen LogP contribution is -2.27. The summed E-state index contributed by atoms with van der Waals surface area (Å²) in [5, 5.41) is 0. The first-order valence-corrected chi connectivity index (χ1v) is 7.40. The fraction of sp³-hybridized carbons (Fsp3) is 1.00. The Morgan fingerprint density at radius 1 is 1.33 bits per heavy atom. The highest BCUT2D eigenvalue weighted by Gasteiger charge is 2.13. The average Bonchev–Trinajstić information content (AvgIpc) is 2.10. The van der Waals surface area contributed by atoms with Gasteiger partial charge in [0.05, 0.1) is 13.2 Å². The smallest absolute Gasteiger partial charge is 0.186 e. The number of hydrogen-bond donors (Lipinski definition) is 1. The van der Waals surface area contributed by atoms with E-state index in [2.05, 4.69) is 26.1 Å². The average molecular weight is 208 g/mol. The largest absolute Gasteiger partial charge is 0.417 e. The lowest BCUT2D eigenvalue weighted by molar-refractivity contribution is 0.109. The van der Waals surface area contributed by atoms with Crippen molar-refractivity contribution in [3.63, 3.8) is 0 Å². The van der Waals surface area contributed by atoms with E-state index in [9.17, 15) is 0 Å². The molecule has 12 heavy (non-hydrogen) atoms. The van der Waals surface area contributed by atoms with E-state index in [4.69, 9.17) is 9.16 Å². The van der Waals surface area contributed by atoms with Crippen LogP contribution in [0.4, 0.5) is 0 Å². The van der Waals surface area contributed by atoms with Gasteiger partial charge in [-0.2, -0.15) is 12.6 Å². The van der Waals surface area contributed by atoms with E-state index in [1.54, 1.807) is 0 Å². The maximum atomic E-state index is 5.63. The molecule has 2 unspecified atom stereocenters. The molecule has 0 aliphatic heterocycles. The quantitative estimate of drug-likeness (QED) is 0.389. The van der Waals surface area contributed by atoms with Gasteiger partial charge in [-0.3, -0.25) is 0 Å². The zero-order valence-corrected chi connectivity index (χ0v) is 10.3. The second-order valence-corrected chi connectivity index (χ2v) is 6.52. The second kappa shape index (κ2) is 8.10. The van der Waals surface area contributed by atoms with Gasteiger partial charge < -0.3 is 9.16 Å². The molecule has 2 atom stereocenters. The van der Waals surface area contributed by atoms with Crippen molar-refractivity contribution in [3.8, 4) is 0 Å². The Hall–Kier alpha value is 0.487. The zero-order chi connectivity index (χ0) is 9.40. The molecule has 0 aromatic heterocycles. The van der Waals surface area contributed by atoms with E-state index in [1.165, 1.54) is 0 Å². The molecule has 0 saturated heterocycles. The Balaban J connectivity index is 3.24. The van der Waals surface area contributed by atoms with Crippen LogP contribution in [0.25, 0.3) is 0 Å². The molecule has 0 spiro atoms. The summed E-state index contributed by atoms with van der Waals surface area (Å²) in [6.07, 6.45) is 1.10. The SMILES string of the molecule is CCOCCO[SiH](C)C(S)CC. The van der Waals surface area contributed by atoms with Gasteiger partial charge in [-0.1, -0.05) is 6.92 Å². The monoisotopic (exact) mass is 208 g/mol. The van der Waals surface area contributed by atoms with Crippen LogP contribution in [0.5, 0.6) is 0 Å². The van der Waals surface area contributed by atoms with Crippen molar-refractivity contribution in [3.05, 3.63) is 0 Å². The predicted octanol–water partition coefficient (Wildman–Crippen LogP) is 1.64. The van der Waals surface area contributed by atoms with Crippen LogP contribution in [0, 0.1) is 0 Å². The summed E-state index contributed by atoms with van der Waals surface area (Å²) in [6, 6.07) is 0. The van der Waals surface area contributed by atoms with Crippen LogP contribution in [-0.2, 0) is 9.16 Å². The standard InChI is InChI=1S/C8H20O2SSi/c1-4-8(11)12(3)10-7-6-9-5-2/h8,11-12H,4-7H2,1-3H3. The van der Waals surface area contributed by atoms with Crippen molar-refractivity contribution in [2.45, 2.75) is 31.7 Å². The molecule has 0 amide bonds. The van der Waals surface area contributed by atoms with Crippen molar-refractivity contribution < 1.29 is 9.16 Å². The third-order valence-corrected chi connectivity index (χ3v) is 5.71.